The maximum Gasteiger partial charge on any atom is 0.222 e. The van der Waals surface area contributed by atoms with Crippen LogP contribution >= 0.6 is 11.6 Å². The zero-order valence-electron chi connectivity index (χ0n) is 12.6. The molecule has 0 bridgehead atoms. The number of aromatic nitrogens is 2. The molecule has 1 saturated heterocycles. The minimum atomic E-state index is 0.584. The Morgan fingerprint density at radius 1 is 1.10 bits per heavy atom. The Morgan fingerprint density at radius 2 is 1.81 bits per heavy atom. The van der Waals surface area contributed by atoms with Crippen molar-refractivity contribution in [3.8, 4) is 0 Å². The number of halogens is 1. The van der Waals surface area contributed by atoms with Crippen LogP contribution in [0.5, 0.6) is 0 Å². The molecule has 3 rings (SSSR count). The Morgan fingerprint density at radius 3 is 2.57 bits per heavy atom. The first kappa shape index (κ1) is 15.0. The molecule has 2 aliphatic rings. The first-order chi connectivity index (χ1) is 10.3. The molecule has 1 N–H and O–H groups in total. The molecule has 0 amide bonds. The smallest absolute Gasteiger partial charge is 0.222 e. The van der Waals surface area contributed by atoms with Crippen LogP contribution in [0.25, 0.3) is 0 Å². The Hall–Kier alpha value is -0.870. The molecular weight excluding hydrogens is 284 g/mol. The molecule has 4 nitrogen and oxygen atoms in total. The van der Waals surface area contributed by atoms with Crippen molar-refractivity contribution in [1.82, 2.24) is 14.9 Å². The molecule has 1 aromatic rings. The summed E-state index contributed by atoms with van der Waals surface area (Å²) < 4.78 is 0. The van der Waals surface area contributed by atoms with Crippen LogP contribution in [0, 0.1) is 0 Å². The van der Waals surface area contributed by atoms with Crippen molar-refractivity contribution in [2.45, 2.75) is 63.5 Å². The number of likely N-dealkylation sites (tertiary alicyclic amines) is 1. The first-order valence-electron chi connectivity index (χ1n) is 8.30. The SMILES string of the molecule is Clc1cnc(NCC[C@H]2CCCCN2C2CCCC2)nc1. The summed E-state index contributed by atoms with van der Waals surface area (Å²) in [4.78, 5) is 11.2. The summed E-state index contributed by atoms with van der Waals surface area (Å²) in [6, 6.07) is 1.59. The average molecular weight is 309 g/mol. The first-order valence-corrected chi connectivity index (χ1v) is 8.68. The van der Waals surface area contributed by atoms with Gasteiger partial charge in [0.05, 0.1) is 17.4 Å². The molecule has 0 radical (unpaired) electrons. The Bertz CT molecular complexity index is 430. The van der Waals surface area contributed by atoms with Gasteiger partial charge in [-0.2, -0.15) is 0 Å². The quantitative estimate of drug-likeness (QED) is 0.900. The topological polar surface area (TPSA) is 41.1 Å². The van der Waals surface area contributed by atoms with E-state index < -0.39 is 0 Å². The van der Waals surface area contributed by atoms with Crippen molar-refractivity contribution < 1.29 is 0 Å². The molecular formula is C16H25ClN4. The van der Waals surface area contributed by atoms with E-state index in [1.54, 1.807) is 12.4 Å². The Labute approximate surface area is 132 Å². The second-order valence-corrected chi connectivity index (χ2v) is 6.70. The molecule has 1 atom stereocenters. The van der Waals surface area contributed by atoms with Crippen molar-refractivity contribution >= 4 is 17.5 Å². The van der Waals surface area contributed by atoms with Crippen molar-refractivity contribution in [2.24, 2.45) is 0 Å². The van der Waals surface area contributed by atoms with E-state index in [-0.39, 0.29) is 0 Å². The number of hydrogen-bond acceptors (Lipinski definition) is 4. The lowest BCUT2D eigenvalue weighted by Gasteiger charge is -2.40. The van der Waals surface area contributed by atoms with Crippen molar-refractivity contribution in [1.29, 1.82) is 0 Å². The summed E-state index contributed by atoms with van der Waals surface area (Å²) in [6.45, 7) is 2.24. The summed E-state index contributed by atoms with van der Waals surface area (Å²) in [5.74, 6) is 0.683. The minimum Gasteiger partial charge on any atom is -0.354 e. The van der Waals surface area contributed by atoms with Gasteiger partial charge >= 0.3 is 0 Å². The van der Waals surface area contributed by atoms with Crippen molar-refractivity contribution in [3.05, 3.63) is 17.4 Å². The number of hydrogen-bond donors (Lipinski definition) is 1. The van der Waals surface area contributed by atoms with E-state index in [1.807, 2.05) is 0 Å². The van der Waals surface area contributed by atoms with Crippen LogP contribution in [0.15, 0.2) is 12.4 Å². The predicted molar refractivity (Wildman–Crippen MR) is 86.7 cm³/mol. The highest BCUT2D eigenvalue weighted by atomic mass is 35.5. The third kappa shape index (κ3) is 4.07. The third-order valence-corrected chi connectivity index (χ3v) is 5.04. The number of nitrogens with one attached hydrogen (secondary N) is 1. The van der Waals surface area contributed by atoms with E-state index in [0.717, 1.165) is 18.6 Å². The highest BCUT2D eigenvalue weighted by molar-refractivity contribution is 6.30. The molecule has 1 saturated carbocycles. The van der Waals surface area contributed by atoms with Gasteiger partial charge in [-0.1, -0.05) is 30.9 Å². The molecule has 116 valence electrons. The van der Waals surface area contributed by atoms with E-state index in [0.29, 0.717) is 11.0 Å². The molecule has 1 aliphatic carbocycles. The second-order valence-electron chi connectivity index (χ2n) is 6.27. The zero-order chi connectivity index (χ0) is 14.5. The van der Waals surface area contributed by atoms with E-state index in [1.165, 1.54) is 57.9 Å². The van der Waals surface area contributed by atoms with E-state index in [9.17, 15) is 0 Å². The molecule has 2 fully saturated rings. The summed E-state index contributed by atoms with van der Waals surface area (Å²) in [5.41, 5.74) is 0. The van der Waals surface area contributed by atoms with Crippen LogP contribution in [0.1, 0.15) is 51.4 Å². The highest BCUT2D eigenvalue weighted by Gasteiger charge is 2.30. The van der Waals surface area contributed by atoms with Crippen LogP contribution in [-0.4, -0.2) is 40.0 Å². The molecule has 0 aromatic carbocycles. The second kappa shape index (κ2) is 7.41. The third-order valence-electron chi connectivity index (χ3n) is 4.85. The molecule has 5 heteroatoms. The summed E-state index contributed by atoms with van der Waals surface area (Å²) >= 11 is 5.80. The van der Waals surface area contributed by atoms with Gasteiger partial charge in [-0.05, 0) is 38.6 Å². The van der Waals surface area contributed by atoms with E-state index in [4.69, 9.17) is 11.6 Å². The molecule has 1 aromatic heterocycles. The predicted octanol–water partition coefficient (Wildman–Crippen LogP) is 3.73. The molecule has 21 heavy (non-hydrogen) atoms. The highest BCUT2D eigenvalue weighted by Crippen LogP contribution is 2.30. The van der Waals surface area contributed by atoms with E-state index >= 15 is 0 Å². The zero-order valence-corrected chi connectivity index (χ0v) is 13.4. The van der Waals surface area contributed by atoms with Gasteiger partial charge in [-0.25, -0.2) is 9.97 Å². The van der Waals surface area contributed by atoms with Crippen molar-refractivity contribution in [2.75, 3.05) is 18.4 Å². The molecule has 0 unspecified atom stereocenters. The van der Waals surface area contributed by atoms with Crippen LogP contribution in [-0.2, 0) is 0 Å². The minimum absolute atomic E-state index is 0.584. The van der Waals surface area contributed by atoms with Gasteiger partial charge in [0.1, 0.15) is 0 Å². The fourth-order valence-corrected chi connectivity index (χ4v) is 3.90. The maximum absolute atomic E-state index is 5.80. The number of piperidine rings is 1. The Balaban J connectivity index is 1.49. The average Bonchev–Trinajstić information content (AvgIpc) is 3.04. The number of nitrogens with zero attached hydrogens (tertiary/aromatic N) is 3. The maximum atomic E-state index is 5.80. The molecule has 2 heterocycles. The fraction of sp³-hybridized carbons (Fsp3) is 0.750. The summed E-state index contributed by atoms with van der Waals surface area (Å²) in [5, 5.41) is 3.91. The largest absolute Gasteiger partial charge is 0.354 e. The fourth-order valence-electron chi connectivity index (χ4n) is 3.80. The molecule has 0 spiro atoms. The van der Waals surface area contributed by atoms with E-state index in [2.05, 4.69) is 20.2 Å². The van der Waals surface area contributed by atoms with Gasteiger partial charge in [-0.3, -0.25) is 4.90 Å². The summed E-state index contributed by atoms with van der Waals surface area (Å²) in [6.07, 6.45) is 14.2. The standard InChI is InChI=1S/C16H25ClN4/c17-13-11-19-16(20-12-13)18-9-8-15-7-3-4-10-21(15)14-5-1-2-6-14/h11-12,14-15H,1-10H2,(H,18,19,20)/t15-/m1/s1. The lowest BCUT2D eigenvalue weighted by molar-refractivity contribution is 0.0933. The lowest BCUT2D eigenvalue weighted by atomic mass is 9.96. The Kier molecular flexibility index (Phi) is 5.31. The van der Waals surface area contributed by atoms with Crippen LogP contribution < -0.4 is 5.32 Å². The van der Waals surface area contributed by atoms with Gasteiger partial charge in [0.15, 0.2) is 0 Å². The van der Waals surface area contributed by atoms with Gasteiger partial charge in [-0.15, -0.1) is 0 Å². The van der Waals surface area contributed by atoms with Crippen molar-refractivity contribution in [3.63, 3.8) is 0 Å². The van der Waals surface area contributed by atoms with Gasteiger partial charge in [0.25, 0.3) is 0 Å². The monoisotopic (exact) mass is 308 g/mol. The van der Waals surface area contributed by atoms with Gasteiger partial charge in [0.2, 0.25) is 5.95 Å². The number of anilines is 1. The lowest BCUT2D eigenvalue weighted by Crippen LogP contribution is -2.45. The normalized spacial score (nSPS) is 24.3. The van der Waals surface area contributed by atoms with Crippen LogP contribution in [0.2, 0.25) is 5.02 Å². The van der Waals surface area contributed by atoms with Crippen LogP contribution in [0.4, 0.5) is 5.95 Å². The number of rotatable bonds is 5. The van der Waals surface area contributed by atoms with Gasteiger partial charge < -0.3 is 5.32 Å². The molecule has 1 aliphatic heterocycles. The van der Waals surface area contributed by atoms with Crippen LogP contribution in [0.3, 0.4) is 0 Å². The summed E-state index contributed by atoms with van der Waals surface area (Å²) in [7, 11) is 0. The van der Waals surface area contributed by atoms with Gasteiger partial charge in [0, 0.05) is 18.6 Å².